The molecule has 1 aliphatic rings. The van der Waals surface area contributed by atoms with Gasteiger partial charge in [-0.15, -0.1) is 0 Å². The highest BCUT2D eigenvalue weighted by Gasteiger charge is 2.26. The molecule has 0 bridgehead atoms. The zero-order valence-corrected chi connectivity index (χ0v) is 10.2. The molecule has 0 spiro atoms. The summed E-state index contributed by atoms with van der Waals surface area (Å²) in [5.74, 6) is 0.0777. The van der Waals surface area contributed by atoms with E-state index in [1.165, 1.54) is 0 Å². The first-order chi connectivity index (χ1) is 8.79. The maximum atomic E-state index is 12.1. The van der Waals surface area contributed by atoms with Crippen LogP contribution in [-0.4, -0.2) is 38.7 Å². The molecule has 0 aromatic carbocycles. The number of carbonyl (C=O) groups is 1. The molecule has 0 saturated carbocycles. The van der Waals surface area contributed by atoms with Gasteiger partial charge in [0.1, 0.15) is 0 Å². The number of carbonyl (C=O) groups excluding carboxylic acids is 1. The third-order valence-electron chi connectivity index (χ3n) is 3.22. The van der Waals surface area contributed by atoms with Gasteiger partial charge in [-0.05, 0) is 19.1 Å². The lowest BCUT2D eigenvalue weighted by molar-refractivity contribution is 0.0748. The van der Waals surface area contributed by atoms with E-state index in [0.29, 0.717) is 5.56 Å². The largest absolute Gasteiger partial charge is 0.338 e. The molecule has 0 unspecified atom stereocenters. The van der Waals surface area contributed by atoms with Gasteiger partial charge < -0.3 is 4.90 Å². The van der Waals surface area contributed by atoms with Gasteiger partial charge in [0.2, 0.25) is 0 Å². The first kappa shape index (κ1) is 11.0. The third-order valence-corrected chi connectivity index (χ3v) is 3.22. The molecule has 0 aliphatic carbocycles. The zero-order chi connectivity index (χ0) is 12.5. The molecule has 0 saturated heterocycles. The van der Waals surface area contributed by atoms with Crippen molar-refractivity contribution in [2.45, 2.75) is 13.3 Å². The second-order valence-electron chi connectivity index (χ2n) is 4.28. The maximum absolute atomic E-state index is 12.1. The Labute approximate surface area is 105 Å². The number of hydrogen-bond donors (Lipinski definition) is 0. The lowest BCUT2D eigenvalue weighted by Gasteiger charge is -2.24. The number of aromatic nitrogens is 3. The van der Waals surface area contributed by atoms with Crippen molar-refractivity contribution >= 4 is 5.91 Å². The fraction of sp³-hybridized carbons (Fsp3) is 0.308. The average molecular weight is 242 g/mol. The number of likely N-dealkylation sites (N-methyl/N-ethyl adjacent to an activating group) is 1. The molecule has 0 radical (unpaired) electrons. The summed E-state index contributed by atoms with van der Waals surface area (Å²) < 4.78 is 1.73. The second kappa shape index (κ2) is 4.25. The molecule has 5 nitrogen and oxygen atoms in total. The highest BCUT2D eigenvalue weighted by molar-refractivity contribution is 5.96. The van der Waals surface area contributed by atoms with E-state index in [0.717, 1.165) is 30.9 Å². The van der Waals surface area contributed by atoms with Gasteiger partial charge in [0.15, 0.2) is 0 Å². The fourth-order valence-electron chi connectivity index (χ4n) is 2.21. The van der Waals surface area contributed by atoms with Crippen LogP contribution in [0, 0.1) is 0 Å². The van der Waals surface area contributed by atoms with Crippen molar-refractivity contribution in [2.24, 2.45) is 0 Å². The minimum absolute atomic E-state index is 0.0777. The standard InChI is InChI=1S/C13H14N4O/c1-2-16-7-5-12-11(13(16)18)9-17(15-12)10-4-3-6-14-8-10/h3-4,6,8-9H,2,5,7H2,1H3. The molecule has 0 fully saturated rings. The van der Waals surface area contributed by atoms with E-state index in [4.69, 9.17) is 0 Å². The average Bonchev–Trinajstić information content (AvgIpc) is 2.85. The van der Waals surface area contributed by atoms with Crippen LogP contribution in [0.15, 0.2) is 30.7 Å². The topological polar surface area (TPSA) is 51.0 Å². The molecule has 1 amide bonds. The van der Waals surface area contributed by atoms with E-state index in [-0.39, 0.29) is 5.91 Å². The van der Waals surface area contributed by atoms with Crippen LogP contribution < -0.4 is 0 Å². The Morgan fingerprint density at radius 2 is 2.33 bits per heavy atom. The molecular formula is C13H14N4O. The smallest absolute Gasteiger partial charge is 0.257 e. The van der Waals surface area contributed by atoms with E-state index in [1.54, 1.807) is 23.3 Å². The van der Waals surface area contributed by atoms with Gasteiger partial charge in [0.25, 0.3) is 5.91 Å². The van der Waals surface area contributed by atoms with Crippen molar-refractivity contribution in [1.29, 1.82) is 0 Å². The van der Waals surface area contributed by atoms with Gasteiger partial charge in [-0.1, -0.05) is 0 Å². The van der Waals surface area contributed by atoms with Crippen LogP contribution >= 0.6 is 0 Å². The van der Waals surface area contributed by atoms with Gasteiger partial charge >= 0.3 is 0 Å². The van der Waals surface area contributed by atoms with Crippen LogP contribution in [0.2, 0.25) is 0 Å². The predicted octanol–water partition coefficient (Wildman–Crippen LogP) is 1.29. The number of nitrogens with zero attached hydrogens (tertiary/aromatic N) is 4. The summed E-state index contributed by atoms with van der Waals surface area (Å²) in [6, 6.07) is 3.78. The Balaban J connectivity index is 2.01. The molecule has 3 heterocycles. The molecule has 18 heavy (non-hydrogen) atoms. The Bertz CT molecular complexity index is 576. The molecule has 2 aromatic heterocycles. The van der Waals surface area contributed by atoms with E-state index < -0.39 is 0 Å². The quantitative estimate of drug-likeness (QED) is 0.797. The van der Waals surface area contributed by atoms with Crippen LogP contribution in [0.3, 0.4) is 0 Å². The monoisotopic (exact) mass is 242 g/mol. The van der Waals surface area contributed by atoms with E-state index in [9.17, 15) is 4.79 Å². The van der Waals surface area contributed by atoms with Crippen molar-refractivity contribution in [3.8, 4) is 5.69 Å². The maximum Gasteiger partial charge on any atom is 0.257 e. The van der Waals surface area contributed by atoms with Crippen LogP contribution in [0.5, 0.6) is 0 Å². The van der Waals surface area contributed by atoms with E-state index in [1.807, 2.05) is 24.0 Å². The minimum atomic E-state index is 0.0777. The van der Waals surface area contributed by atoms with Crippen LogP contribution in [0.4, 0.5) is 0 Å². The van der Waals surface area contributed by atoms with Gasteiger partial charge in [-0.3, -0.25) is 9.78 Å². The summed E-state index contributed by atoms with van der Waals surface area (Å²) in [7, 11) is 0. The van der Waals surface area contributed by atoms with E-state index in [2.05, 4.69) is 10.1 Å². The Hall–Kier alpha value is -2.17. The summed E-state index contributed by atoms with van der Waals surface area (Å²) in [4.78, 5) is 18.1. The van der Waals surface area contributed by atoms with Gasteiger partial charge in [0, 0.05) is 31.9 Å². The molecular weight excluding hydrogens is 228 g/mol. The van der Waals surface area contributed by atoms with Crippen molar-refractivity contribution in [3.63, 3.8) is 0 Å². The molecule has 0 atom stereocenters. The van der Waals surface area contributed by atoms with Gasteiger partial charge in [-0.25, -0.2) is 4.68 Å². The van der Waals surface area contributed by atoms with Crippen molar-refractivity contribution in [2.75, 3.05) is 13.1 Å². The zero-order valence-electron chi connectivity index (χ0n) is 10.2. The van der Waals surface area contributed by atoms with Gasteiger partial charge in [-0.2, -0.15) is 5.10 Å². The van der Waals surface area contributed by atoms with Gasteiger partial charge in [0.05, 0.1) is 23.1 Å². The summed E-state index contributed by atoms with van der Waals surface area (Å²) in [5, 5.41) is 4.47. The van der Waals surface area contributed by atoms with Crippen molar-refractivity contribution in [1.82, 2.24) is 19.7 Å². The van der Waals surface area contributed by atoms with Crippen LogP contribution in [-0.2, 0) is 6.42 Å². The Morgan fingerprint density at radius 3 is 3.06 bits per heavy atom. The molecule has 0 N–H and O–H groups in total. The minimum Gasteiger partial charge on any atom is -0.338 e. The lowest BCUT2D eigenvalue weighted by atomic mass is 10.1. The molecule has 1 aliphatic heterocycles. The highest BCUT2D eigenvalue weighted by Crippen LogP contribution is 2.19. The normalized spacial score (nSPS) is 14.7. The number of fused-ring (bicyclic) bond motifs is 1. The summed E-state index contributed by atoms with van der Waals surface area (Å²) in [6.45, 7) is 3.50. The Morgan fingerprint density at radius 1 is 1.44 bits per heavy atom. The lowest BCUT2D eigenvalue weighted by Crippen LogP contribution is -2.36. The van der Waals surface area contributed by atoms with E-state index >= 15 is 0 Å². The SMILES string of the molecule is CCN1CCc2nn(-c3cccnc3)cc2C1=O. The molecule has 5 heteroatoms. The third kappa shape index (κ3) is 1.68. The highest BCUT2D eigenvalue weighted by atomic mass is 16.2. The number of hydrogen-bond acceptors (Lipinski definition) is 3. The first-order valence-electron chi connectivity index (χ1n) is 6.08. The van der Waals surface area contributed by atoms with Crippen LogP contribution in [0.25, 0.3) is 5.69 Å². The molecule has 3 rings (SSSR count). The Kier molecular flexibility index (Phi) is 2.59. The number of pyridine rings is 1. The van der Waals surface area contributed by atoms with Crippen LogP contribution in [0.1, 0.15) is 23.0 Å². The molecule has 2 aromatic rings. The number of amides is 1. The van der Waals surface area contributed by atoms with Crippen molar-refractivity contribution in [3.05, 3.63) is 42.0 Å². The molecule has 92 valence electrons. The summed E-state index contributed by atoms with van der Waals surface area (Å²) in [6.07, 6.45) is 6.08. The first-order valence-corrected chi connectivity index (χ1v) is 6.08. The predicted molar refractivity (Wildman–Crippen MR) is 66.6 cm³/mol. The fourth-order valence-corrected chi connectivity index (χ4v) is 2.21. The van der Waals surface area contributed by atoms with Crippen molar-refractivity contribution < 1.29 is 4.79 Å². The second-order valence-corrected chi connectivity index (χ2v) is 4.28. The summed E-state index contributed by atoms with van der Waals surface area (Å²) >= 11 is 0. The number of rotatable bonds is 2. The summed E-state index contributed by atoms with van der Waals surface area (Å²) in [5.41, 5.74) is 2.48.